The second-order valence-electron chi connectivity index (χ2n) is 3.93. The zero-order valence-electron chi connectivity index (χ0n) is 10.9. The van der Waals surface area contributed by atoms with Gasteiger partial charge in [0.15, 0.2) is 5.69 Å². The highest BCUT2D eigenvalue weighted by Crippen LogP contribution is 2.31. The summed E-state index contributed by atoms with van der Waals surface area (Å²) in [6, 6.07) is 7.53. The number of hydrazine groups is 1. The zero-order valence-corrected chi connectivity index (χ0v) is 10.9. The lowest BCUT2D eigenvalue weighted by molar-refractivity contribution is -0.141. The molecule has 2 rings (SSSR count). The van der Waals surface area contributed by atoms with Crippen molar-refractivity contribution < 1.29 is 17.9 Å². The molecule has 0 aliphatic heterocycles. The first-order valence-corrected chi connectivity index (χ1v) is 5.77. The number of ether oxygens (including phenoxy) is 1. The van der Waals surface area contributed by atoms with Crippen molar-refractivity contribution in [2.75, 3.05) is 17.9 Å². The van der Waals surface area contributed by atoms with Crippen LogP contribution in [0, 0.1) is 0 Å². The van der Waals surface area contributed by atoms with Crippen molar-refractivity contribution in [3.63, 3.8) is 0 Å². The molecule has 0 radical (unpaired) electrons. The largest absolute Gasteiger partial charge is 0.495 e. The van der Waals surface area contributed by atoms with Crippen molar-refractivity contribution in [2.45, 2.75) is 6.18 Å². The van der Waals surface area contributed by atoms with E-state index in [0.717, 1.165) is 6.07 Å². The van der Waals surface area contributed by atoms with Crippen LogP contribution < -0.4 is 21.3 Å². The van der Waals surface area contributed by atoms with E-state index in [1.165, 1.54) is 7.11 Å². The average Bonchev–Trinajstić information content (AvgIpc) is 2.46. The Morgan fingerprint density at radius 1 is 1.19 bits per heavy atom. The molecule has 9 heteroatoms. The van der Waals surface area contributed by atoms with E-state index in [4.69, 9.17) is 10.6 Å². The molecule has 112 valence electrons. The van der Waals surface area contributed by atoms with Gasteiger partial charge in [-0.25, -0.2) is 10.8 Å². The van der Waals surface area contributed by atoms with E-state index in [1.54, 1.807) is 24.3 Å². The third-order valence-corrected chi connectivity index (χ3v) is 2.52. The number of aromatic nitrogens is 2. The summed E-state index contributed by atoms with van der Waals surface area (Å²) in [6.45, 7) is 0. The van der Waals surface area contributed by atoms with Gasteiger partial charge in [-0.05, 0) is 12.1 Å². The second-order valence-corrected chi connectivity index (χ2v) is 3.93. The molecule has 0 aliphatic carbocycles. The number of nitrogens with one attached hydrogen (secondary N) is 2. The molecule has 0 saturated carbocycles. The Balaban J connectivity index is 2.39. The fourth-order valence-corrected chi connectivity index (χ4v) is 1.61. The third-order valence-electron chi connectivity index (χ3n) is 2.52. The van der Waals surface area contributed by atoms with Crippen LogP contribution in [0.4, 0.5) is 30.6 Å². The standard InChI is InChI=1S/C12H12F3N5O/c1-21-8-5-3-2-4-7(8)17-10-6-9(12(13,14)15)18-11(19-10)20-16/h2-6H,16H2,1H3,(H2,17,18,19,20). The number of hydrogen-bond acceptors (Lipinski definition) is 6. The van der Waals surface area contributed by atoms with Crippen molar-refractivity contribution >= 4 is 17.5 Å². The second kappa shape index (κ2) is 5.83. The number of para-hydroxylation sites is 2. The molecular weight excluding hydrogens is 287 g/mol. The summed E-state index contributed by atoms with van der Waals surface area (Å²) >= 11 is 0. The van der Waals surface area contributed by atoms with E-state index in [9.17, 15) is 13.2 Å². The smallest absolute Gasteiger partial charge is 0.433 e. The minimum atomic E-state index is -4.61. The van der Waals surface area contributed by atoms with E-state index in [2.05, 4.69) is 15.3 Å². The molecule has 4 N–H and O–H groups in total. The first-order chi connectivity index (χ1) is 9.94. The minimum Gasteiger partial charge on any atom is -0.495 e. The maximum Gasteiger partial charge on any atom is 0.433 e. The summed E-state index contributed by atoms with van der Waals surface area (Å²) in [7, 11) is 1.45. The minimum absolute atomic E-state index is 0.0604. The molecule has 0 fully saturated rings. The summed E-state index contributed by atoms with van der Waals surface area (Å²) in [4.78, 5) is 7.09. The Morgan fingerprint density at radius 2 is 1.90 bits per heavy atom. The van der Waals surface area contributed by atoms with Crippen LogP contribution >= 0.6 is 0 Å². The lowest BCUT2D eigenvalue weighted by Crippen LogP contribution is -2.16. The number of nitrogens with zero attached hydrogens (tertiary/aromatic N) is 2. The van der Waals surface area contributed by atoms with Crippen molar-refractivity contribution in [2.24, 2.45) is 5.84 Å². The van der Waals surface area contributed by atoms with Crippen molar-refractivity contribution in [1.29, 1.82) is 0 Å². The lowest BCUT2D eigenvalue weighted by atomic mass is 10.3. The van der Waals surface area contributed by atoms with Crippen molar-refractivity contribution in [3.8, 4) is 5.75 Å². The van der Waals surface area contributed by atoms with Crippen LogP contribution in [0.15, 0.2) is 30.3 Å². The number of anilines is 3. The molecule has 21 heavy (non-hydrogen) atoms. The van der Waals surface area contributed by atoms with Gasteiger partial charge in [-0.3, -0.25) is 5.43 Å². The highest BCUT2D eigenvalue weighted by molar-refractivity contribution is 5.64. The van der Waals surface area contributed by atoms with Gasteiger partial charge in [0, 0.05) is 6.07 Å². The summed E-state index contributed by atoms with van der Waals surface area (Å²) < 4.78 is 43.4. The van der Waals surface area contributed by atoms with E-state index in [0.29, 0.717) is 11.4 Å². The Hall–Kier alpha value is -2.55. The number of benzene rings is 1. The lowest BCUT2D eigenvalue weighted by Gasteiger charge is -2.13. The fourth-order valence-electron chi connectivity index (χ4n) is 1.61. The molecule has 0 bridgehead atoms. The molecule has 0 unspecified atom stereocenters. The average molecular weight is 299 g/mol. The molecule has 1 aromatic carbocycles. The number of nitrogens with two attached hydrogens (primary N) is 1. The Kier molecular flexibility index (Phi) is 4.13. The third kappa shape index (κ3) is 3.51. The predicted octanol–water partition coefficient (Wildman–Crippen LogP) is 2.53. The first-order valence-electron chi connectivity index (χ1n) is 5.77. The van der Waals surface area contributed by atoms with Crippen LogP contribution in [0.5, 0.6) is 5.75 Å². The summed E-state index contributed by atoms with van der Waals surface area (Å²) in [5, 5.41) is 2.74. The van der Waals surface area contributed by atoms with Gasteiger partial charge in [-0.15, -0.1) is 0 Å². The van der Waals surface area contributed by atoms with Gasteiger partial charge in [0.05, 0.1) is 12.8 Å². The number of methoxy groups -OCH3 is 1. The molecule has 1 aromatic heterocycles. The van der Waals surface area contributed by atoms with E-state index in [1.807, 2.05) is 5.43 Å². The Bertz CT molecular complexity index is 633. The molecule has 0 atom stereocenters. The van der Waals surface area contributed by atoms with Gasteiger partial charge in [0.1, 0.15) is 11.6 Å². The maximum absolute atomic E-state index is 12.8. The maximum atomic E-state index is 12.8. The number of hydrogen-bond donors (Lipinski definition) is 3. The Morgan fingerprint density at radius 3 is 2.52 bits per heavy atom. The van der Waals surface area contributed by atoms with Crippen LogP contribution in [0.3, 0.4) is 0 Å². The van der Waals surface area contributed by atoms with Crippen LogP contribution in [-0.2, 0) is 6.18 Å². The van der Waals surface area contributed by atoms with Crippen molar-refractivity contribution in [1.82, 2.24) is 9.97 Å². The monoisotopic (exact) mass is 299 g/mol. The number of alkyl halides is 3. The highest BCUT2D eigenvalue weighted by atomic mass is 19.4. The van der Waals surface area contributed by atoms with Gasteiger partial charge in [-0.1, -0.05) is 12.1 Å². The van der Waals surface area contributed by atoms with Crippen molar-refractivity contribution in [3.05, 3.63) is 36.0 Å². The molecule has 0 aliphatic rings. The number of nitrogen functional groups attached to an aromatic ring is 1. The summed E-state index contributed by atoms with van der Waals surface area (Å²) in [6.07, 6.45) is -4.61. The molecular formula is C12H12F3N5O. The summed E-state index contributed by atoms with van der Waals surface area (Å²) in [5.41, 5.74) is 1.36. The van der Waals surface area contributed by atoms with Crippen LogP contribution in [-0.4, -0.2) is 17.1 Å². The Labute approximate surface area is 118 Å². The number of rotatable bonds is 4. The summed E-state index contributed by atoms with van der Waals surface area (Å²) in [5.74, 6) is 5.14. The first kappa shape index (κ1) is 14.9. The van der Waals surface area contributed by atoms with Gasteiger partial charge >= 0.3 is 6.18 Å². The molecule has 0 spiro atoms. The number of halogens is 3. The van der Waals surface area contributed by atoms with Crippen LogP contribution in [0.1, 0.15) is 5.69 Å². The zero-order chi connectivity index (χ0) is 15.5. The van der Waals surface area contributed by atoms with E-state index < -0.39 is 11.9 Å². The van der Waals surface area contributed by atoms with Gasteiger partial charge in [-0.2, -0.15) is 18.2 Å². The van der Waals surface area contributed by atoms with Crippen LogP contribution in [0.2, 0.25) is 0 Å². The quantitative estimate of drug-likeness (QED) is 0.594. The SMILES string of the molecule is COc1ccccc1Nc1cc(C(F)(F)F)nc(NN)n1. The fraction of sp³-hybridized carbons (Fsp3) is 0.167. The molecule has 6 nitrogen and oxygen atoms in total. The van der Waals surface area contributed by atoms with Gasteiger partial charge in [0.25, 0.3) is 0 Å². The molecule has 0 amide bonds. The molecule has 2 aromatic rings. The normalized spacial score (nSPS) is 11.1. The van der Waals surface area contributed by atoms with Gasteiger partial charge < -0.3 is 10.1 Å². The molecule has 1 heterocycles. The van der Waals surface area contributed by atoms with E-state index in [-0.39, 0.29) is 11.8 Å². The highest BCUT2D eigenvalue weighted by Gasteiger charge is 2.33. The van der Waals surface area contributed by atoms with Crippen LogP contribution in [0.25, 0.3) is 0 Å². The topological polar surface area (TPSA) is 85.1 Å². The molecule has 0 saturated heterocycles. The van der Waals surface area contributed by atoms with Gasteiger partial charge in [0.2, 0.25) is 5.95 Å². The predicted molar refractivity (Wildman–Crippen MR) is 71.1 cm³/mol. The van der Waals surface area contributed by atoms with E-state index >= 15 is 0 Å².